The summed E-state index contributed by atoms with van der Waals surface area (Å²) < 4.78 is 12.2. The minimum absolute atomic E-state index is 0.125. The number of nitrogens with zero attached hydrogens (tertiary/aromatic N) is 2. The highest BCUT2D eigenvalue weighted by molar-refractivity contribution is 7.15. The number of nitrogen functional groups attached to an aromatic ring is 1. The zero-order valence-corrected chi connectivity index (χ0v) is 12.1. The molecule has 0 saturated heterocycles. The van der Waals surface area contributed by atoms with E-state index >= 15 is 0 Å². The van der Waals surface area contributed by atoms with Crippen molar-refractivity contribution in [2.75, 3.05) is 12.8 Å². The lowest BCUT2D eigenvalue weighted by Crippen LogP contribution is -2.06. The average molecular weight is 303 g/mol. The number of hydrogen-bond donors (Lipinski definition) is 1. The van der Waals surface area contributed by atoms with Crippen LogP contribution in [0.5, 0.6) is 5.75 Å². The lowest BCUT2D eigenvalue weighted by Gasteiger charge is -2.07. The van der Waals surface area contributed by atoms with E-state index in [0.29, 0.717) is 22.7 Å². The van der Waals surface area contributed by atoms with Crippen LogP contribution in [0, 0.1) is 0 Å². The summed E-state index contributed by atoms with van der Waals surface area (Å²) in [5.74, 6) is 0.0107. The number of ether oxygens (including phenoxy) is 2. The third kappa shape index (κ3) is 2.68. The highest BCUT2D eigenvalue weighted by atomic mass is 32.1. The maximum atomic E-state index is 12.0. The van der Waals surface area contributed by atoms with E-state index in [9.17, 15) is 4.79 Å². The fourth-order valence-electron chi connectivity index (χ4n) is 1.91. The van der Waals surface area contributed by atoms with Gasteiger partial charge in [0.25, 0.3) is 0 Å². The number of esters is 1. The van der Waals surface area contributed by atoms with E-state index in [1.165, 1.54) is 18.4 Å². The Bertz CT molecular complexity index is 765. The minimum atomic E-state index is -0.440. The molecule has 0 unspecified atom stereocenters. The summed E-state index contributed by atoms with van der Waals surface area (Å²) in [4.78, 5) is 17.2. The Hall–Kier alpha value is -2.54. The highest BCUT2D eigenvalue weighted by Crippen LogP contribution is 2.22. The molecular weight excluding hydrogens is 290 g/mol. The van der Waals surface area contributed by atoms with Crippen LogP contribution in [0.15, 0.2) is 36.0 Å². The van der Waals surface area contributed by atoms with Crippen LogP contribution < -0.4 is 10.5 Å². The van der Waals surface area contributed by atoms with E-state index in [4.69, 9.17) is 15.2 Å². The molecule has 3 aromatic rings. The molecule has 0 amide bonds. The molecule has 0 bridgehead atoms. The number of carbonyl (C=O) groups excluding carboxylic acids is 1. The Labute approximate surface area is 124 Å². The molecule has 1 aromatic carbocycles. The van der Waals surface area contributed by atoms with Gasteiger partial charge in [0.15, 0.2) is 4.96 Å². The van der Waals surface area contributed by atoms with Gasteiger partial charge in [-0.05, 0) is 18.2 Å². The molecule has 3 rings (SSSR count). The Morgan fingerprint density at radius 3 is 3.10 bits per heavy atom. The van der Waals surface area contributed by atoms with Gasteiger partial charge in [-0.3, -0.25) is 4.40 Å². The molecule has 0 radical (unpaired) electrons. The van der Waals surface area contributed by atoms with Gasteiger partial charge in [-0.25, -0.2) is 9.78 Å². The number of aromatic nitrogens is 2. The molecule has 0 aliphatic heterocycles. The van der Waals surface area contributed by atoms with Gasteiger partial charge in [0, 0.05) is 17.8 Å². The summed E-state index contributed by atoms with van der Waals surface area (Å²) >= 11 is 1.53. The van der Waals surface area contributed by atoms with Crippen LogP contribution in [-0.4, -0.2) is 22.5 Å². The van der Waals surface area contributed by atoms with E-state index in [0.717, 1.165) is 4.96 Å². The van der Waals surface area contributed by atoms with Crippen molar-refractivity contribution in [3.05, 3.63) is 47.2 Å². The van der Waals surface area contributed by atoms with Gasteiger partial charge >= 0.3 is 5.97 Å². The molecule has 6 nitrogen and oxygen atoms in total. The van der Waals surface area contributed by atoms with Crippen LogP contribution in [-0.2, 0) is 11.3 Å². The standard InChI is InChI=1S/C14H13N3O3S/c1-19-12-6-9(2-3-11(12)15)13(18)20-8-10-7-17-4-5-21-14(17)16-10/h2-7H,8,15H2,1H3. The number of anilines is 1. The van der Waals surface area contributed by atoms with E-state index in [1.807, 2.05) is 22.2 Å². The molecule has 2 heterocycles. The van der Waals surface area contributed by atoms with Crippen molar-refractivity contribution in [1.29, 1.82) is 0 Å². The Morgan fingerprint density at radius 1 is 1.48 bits per heavy atom. The molecule has 21 heavy (non-hydrogen) atoms. The monoisotopic (exact) mass is 303 g/mol. The second kappa shape index (κ2) is 5.45. The lowest BCUT2D eigenvalue weighted by atomic mass is 10.2. The summed E-state index contributed by atoms with van der Waals surface area (Å²) in [5, 5.41) is 1.94. The average Bonchev–Trinajstić information content (AvgIpc) is 3.06. The molecule has 7 heteroatoms. The molecule has 0 fully saturated rings. The fraction of sp³-hybridized carbons (Fsp3) is 0.143. The number of thiazole rings is 1. The van der Waals surface area contributed by atoms with Crippen molar-refractivity contribution < 1.29 is 14.3 Å². The molecule has 0 aliphatic rings. The molecule has 108 valence electrons. The van der Waals surface area contributed by atoms with Crippen LogP contribution >= 0.6 is 11.3 Å². The van der Waals surface area contributed by atoms with Crippen LogP contribution in [0.4, 0.5) is 5.69 Å². The van der Waals surface area contributed by atoms with Gasteiger partial charge in [-0.1, -0.05) is 0 Å². The summed E-state index contributed by atoms with van der Waals surface area (Å²) in [6.07, 6.45) is 3.74. The molecule has 0 spiro atoms. The first-order valence-electron chi connectivity index (χ1n) is 6.19. The number of fused-ring (bicyclic) bond motifs is 1. The maximum absolute atomic E-state index is 12.0. The quantitative estimate of drug-likeness (QED) is 0.591. The highest BCUT2D eigenvalue weighted by Gasteiger charge is 2.11. The number of nitrogens with two attached hydrogens (primary N) is 1. The first-order valence-corrected chi connectivity index (χ1v) is 7.07. The van der Waals surface area contributed by atoms with Crippen molar-refractivity contribution in [2.24, 2.45) is 0 Å². The molecular formula is C14H13N3O3S. The van der Waals surface area contributed by atoms with E-state index in [-0.39, 0.29) is 6.61 Å². The maximum Gasteiger partial charge on any atom is 0.338 e. The van der Waals surface area contributed by atoms with Crippen LogP contribution in [0.2, 0.25) is 0 Å². The van der Waals surface area contributed by atoms with Crippen molar-refractivity contribution in [1.82, 2.24) is 9.38 Å². The number of benzene rings is 1. The third-order valence-corrected chi connectivity index (χ3v) is 3.73. The van der Waals surface area contributed by atoms with Crippen LogP contribution in [0.1, 0.15) is 16.1 Å². The SMILES string of the molecule is COc1cc(C(=O)OCc2cn3ccsc3n2)ccc1N. The largest absolute Gasteiger partial charge is 0.495 e. The van der Waals surface area contributed by atoms with Crippen LogP contribution in [0.25, 0.3) is 4.96 Å². The zero-order chi connectivity index (χ0) is 14.8. The van der Waals surface area contributed by atoms with Crippen molar-refractivity contribution in [3.63, 3.8) is 0 Å². The molecule has 0 aliphatic carbocycles. The van der Waals surface area contributed by atoms with Crippen molar-refractivity contribution in [2.45, 2.75) is 6.61 Å². The Kier molecular flexibility index (Phi) is 3.49. The first-order chi connectivity index (χ1) is 10.2. The molecule has 2 N–H and O–H groups in total. The molecule has 0 saturated carbocycles. The second-order valence-corrected chi connectivity index (χ2v) is 5.23. The lowest BCUT2D eigenvalue weighted by molar-refractivity contribution is 0.0468. The summed E-state index contributed by atoms with van der Waals surface area (Å²) in [6.45, 7) is 0.125. The Balaban J connectivity index is 1.70. The van der Waals surface area contributed by atoms with E-state index in [1.54, 1.807) is 18.2 Å². The number of rotatable bonds is 4. The number of methoxy groups -OCH3 is 1. The van der Waals surface area contributed by atoms with Gasteiger partial charge in [-0.15, -0.1) is 11.3 Å². The van der Waals surface area contributed by atoms with Crippen molar-refractivity contribution >= 4 is 28.0 Å². The second-order valence-electron chi connectivity index (χ2n) is 4.36. The molecule has 0 atom stereocenters. The topological polar surface area (TPSA) is 78.8 Å². The zero-order valence-electron chi connectivity index (χ0n) is 11.3. The van der Waals surface area contributed by atoms with Gasteiger partial charge in [0.1, 0.15) is 12.4 Å². The fourth-order valence-corrected chi connectivity index (χ4v) is 2.63. The molecule has 2 aromatic heterocycles. The third-order valence-electron chi connectivity index (χ3n) is 2.96. The normalized spacial score (nSPS) is 10.7. The predicted molar refractivity (Wildman–Crippen MR) is 79.6 cm³/mol. The summed E-state index contributed by atoms with van der Waals surface area (Å²) in [5.41, 5.74) is 7.28. The van der Waals surface area contributed by atoms with Gasteiger partial charge < -0.3 is 15.2 Å². The van der Waals surface area contributed by atoms with E-state index in [2.05, 4.69) is 4.98 Å². The summed E-state index contributed by atoms with van der Waals surface area (Å²) in [7, 11) is 1.50. The van der Waals surface area contributed by atoms with Gasteiger partial charge in [-0.2, -0.15) is 0 Å². The summed E-state index contributed by atoms with van der Waals surface area (Å²) in [6, 6.07) is 4.78. The number of imidazole rings is 1. The van der Waals surface area contributed by atoms with Crippen LogP contribution in [0.3, 0.4) is 0 Å². The Morgan fingerprint density at radius 2 is 2.33 bits per heavy atom. The minimum Gasteiger partial charge on any atom is -0.495 e. The van der Waals surface area contributed by atoms with Crippen molar-refractivity contribution in [3.8, 4) is 5.75 Å². The van der Waals surface area contributed by atoms with Gasteiger partial charge in [0.05, 0.1) is 24.1 Å². The van der Waals surface area contributed by atoms with E-state index < -0.39 is 5.97 Å². The van der Waals surface area contributed by atoms with Gasteiger partial charge in [0.2, 0.25) is 0 Å². The number of carbonyl (C=O) groups is 1. The smallest absolute Gasteiger partial charge is 0.338 e. The first kappa shape index (κ1) is 13.4. The number of hydrogen-bond acceptors (Lipinski definition) is 6. The predicted octanol–water partition coefficient (Wildman–Crippen LogP) is 2.34.